The molecule has 1 N–H and O–H groups in total. The molecular weight excluding hydrogens is 672 g/mol. The fourth-order valence-corrected chi connectivity index (χ4v) is 7.41. The number of halogens is 3. The molecule has 1 aromatic heterocycles. The highest BCUT2D eigenvalue weighted by Crippen LogP contribution is 2.66. The number of aromatic nitrogens is 1. The second-order valence-electron chi connectivity index (χ2n) is 13.4. The van der Waals surface area contributed by atoms with Gasteiger partial charge in [-0.3, -0.25) is 14.8 Å². The maximum Gasteiger partial charge on any atom is 0.418 e. The number of carbonyl (C=O) groups excluding carboxylic acids is 1. The minimum Gasteiger partial charge on any atom is -0.480 e. The monoisotopic (exact) mass is 709 g/mol. The van der Waals surface area contributed by atoms with Crippen molar-refractivity contribution in [1.29, 1.82) is 0 Å². The predicted molar refractivity (Wildman–Crippen MR) is 175 cm³/mol. The van der Waals surface area contributed by atoms with Crippen molar-refractivity contribution in [2.75, 3.05) is 13.3 Å². The van der Waals surface area contributed by atoms with Crippen molar-refractivity contribution in [2.24, 2.45) is 10.9 Å². The van der Waals surface area contributed by atoms with E-state index in [2.05, 4.69) is 40.6 Å². The number of ether oxygens (including phenoxy) is 2. The van der Waals surface area contributed by atoms with Crippen molar-refractivity contribution in [3.63, 3.8) is 0 Å². The van der Waals surface area contributed by atoms with E-state index in [1.54, 1.807) is 33.8 Å². The Kier molecular flexibility index (Phi) is 9.85. The molecule has 44 heavy (non-hydrogen) atoms. The predicted octanol–water partition coefficient (Wildman–Crippen LogP) is 8.16. The number of fused-ring (bicyclic) bond motifs is 1. The molecule has 2 aromatic rings. The number of hydrogen-bond donors (Lipinski definition) is 1. The summed E-state index contributed by atoms with van der Waals surface area (Å²) < 4.78 is 41.6. The summed E-state index contributed by atoms with van der Waals surface area (Å²) in [6.07, 6.45) is 2.16. The Hall–Kier alpha value is -2.61. The summed E-state index contributed by atoms with van der Waals surface area (Å²) in [5, 5.41) is 10.4. The highest BCUT2D eigenvalue weighted by Gasteiger charge is 2.72. The number of pyridine rings is 1. The molecule has 1 aromatic carbocycles. The molecule has 0 bridgehead atoms. The lowest BCUT2D eigenvalue weighted by Gasteiger charge is -2.37. The van der Waals surface area contributed by atoms with E-state index in [0.29, 0.717) is 16.6 Å². The first-order chi connectivity index (χ1) is 20.3. The van der Waals surface area contributed by atoms with Gasteiger partial charge in [0.1, 0.15) is 28.7 Å². The van der Waals surface area contributed by atoms with Crippen LogP contribution in [0.2, 0.25) is 25.7 Å². The number of aliphatic imine (C=N–C) groups is 1. The lowest BCUT2D eigenvalue weighted by molar-refractivity contribution is -0.137. The maximum atomic E-state index is 15.6. The first kappa shape index (κ1) is 34.3. The number of carboxylic acid groups (broad SMARTS) is 1. The zero-order chi connectivity index (χ0) is 32.7. The molecule has 13 heteroatoms. The van der Waals surface area contributed by atoms with Crippen LogP contribution in [-0.2, 0) is 19.8 Å². The van der Waals surface area contributed by atoms with Crippen LogP contribution in [0.25, 0.3) is 11.9 Å². The van der Waals surface area contributed by atoms with Gasteiger partial charge in [0.15, 0.2) is 5.17 Å². The standard InChI is InChI=1S/C31H38BrF2N3O5SSi/c1-29(2,3)42-28(40)37(18-41-12-13-44(5,6)7)27-36-30(4,25-16-31(25,43-27)26(38)39)21-14-19(8-10-22(21)33)15-23(34)24-11-9-20(32)17-35-24/h8-11,14-15,17,25H,12-13,16,18H2,1-7H3,(H,38,39)/b23-15-. The molecule has 3 atom stereocenters. The Labute approximate surface area is 270 Å². The van der Waals surface area contributed by atoms with Gasteiger partial charge in [0.2, 0.25) is 0 Å². The largest absolute Gasteiger partial charge is 0.480 e. The second kappa shape index (κ2) is 12.6. The van der Waals surface area contributed by atoms with Crippen molar-refractivity contribution in [3.8, 4) is 0 Å². The Morgan fingerprint density at radius 2 is 1.95 bits per heavy atom. The summed E-state index contributed by atoms with van der Waals surface area (Å²) in [4.78, 5) is 36.2. The quantitative estimate of drug-likeness (QED) is 0.159. The van der Waals surface area contributed by atoms with E-state index in [1.807, 2.05) is 0 Å². The van der Waals surface area contributed by atoms with Crippen LogP contribution in [-0.4, -0.2) is 64.0 Å². The smallest absolute Gasteiger partial charge is 0.418 e. The minimum atomic E-state index is -1.43. The van der Waals surface area contributed by atoms with E-state index in [9.17, 15) is 14.7 Å². The van der Waals surface area contributed by atoms with Crippen LogP contribution in [0.5, 0.6) is 0 Å². The van der Waals surface area contributed by atoms with Crippen LogP contribution in [0.15, 0.2) is 46.0 Å². The Morgan fingerprint density at radius 3 is 2.55 bits per heavy atom. The lowest BCUT2D eigenvalue weighted by atomic mass is 9.84. The van der Waals surface area contributed by atoms with Crippen LogP contribution in [0.3, 0.4) is 0 Å². The van der Waals surface area contributed by atoms with E-state index in [1.165, 1.54) is 41.4 Å². The fourth-order valence-electron chi connectivity index (χ4n) is 4.91. The van der Waals surface area contributed by atoms with E-state index < -0.39 is 53.6 Å². The molecule has 8 nitrogen and oxygen atoms in total. The average Bonchev–Trinajstić information content (AvgIpc) is 3.66. The number of rotatable bonds is 9. The third-order valence-corrected chi connectivity index (χ3v) is 11.1. The summed E-state index contributed by atoms with van der Waals surface area (Å²) in [7, 11) is -1.43. The van der Waals surface area contributed by atoms with Crippen LogP contribution in [0.1, 0.15) is 50.9 Å². The Balaban J connectivity index is 1.76. The van der Waals surface area contributed by atoms with Gasteiger partial charge < -0.3 is 14.6 Å². The zero-order valence-electron chi connectivity index (χ0n) is 25.9. The Bertz CT molecular complexity index is 1490. The summed E-state index contributed by atoms with van der Waals surface area (Å²) in [5.74, 6) is -2.91. The maximum absolute atomic E-state index is 15.6. The summed E-state index contributed by atoms with van der Waals surface area (Å²) in [6.45, 7) is 13.6. The van der Waals surface area contributed by atoms with Gasteiger partial charge in [-0.15, -0.1) is 0 Å². The molecule has 2 heterocycles. The fraction of sp³-hybridized carbons (Fsp3) is 0.484. The molecule has 2 aliphatic rings. The number of benzene rings is 1. The second-order valence-corrected chi connectivity index (χ2v) is 21.3. The average molecular weight is 711 g/mol. The summed E-state index contributed by atoms with van der Waals surface area (Å²) in [6, 6.07) is 8.14. The number of amides is 1. The molecule has 1 fully saturated rings. The minimum absolute atomic E-state index is 0.0662. The number of carbonyl (C=O) groups is 2. The van der Waals surface area contributed by atoms with Gasteiger partial charge in [-0.2, -0.15) is 0 Å². The van der Waals surface area contributed by atoms with Crippen molar-refractivity contribution >= 4 is 64.9 Å². The number of nitrogens with zero attached hydrogens (tertiary/aromatic N) is 3. The van der Waals surface area contributed by atoms with Crippen molar-refractivity contribution < 1.29 is 33.0 Å². The summed E-state index contributed by atoms with van der Waals surface area (Å²) in [5.41, 5.74) is -1.69. The van der Waals surface area contributed by atoms with E-state index >= 15 is 8.78 Å². The topological polar surface area (TPSA) is 101 Å². The highest BCUT2D eigenvalue weighted by molar-refractivity contribution is 9.10. The van der Waals surface area contributed by atoms with Crippen LogP contribution in [0.4, 0.5) is 13.6 Å². The lowest BCUT2D eigenvalue weighted by Crippen LogP contribution is -2.47. The molecule has 1 aliphatic carbocycles. The molecule has 238 valence electrons. The number of aliphatic carboxylic acids is 1. The van der Waals surface area contributed by atoms with Gasteiger partial charge in [-0.25, -0.2) is 18.5 Å². The van der Waals surface area contributed by atoms with Gasteiger partial charge in [-0.05, 0) is 92.0 Å². The van der Waals surface area contributed by atoms with Gasteiger partial charge in [0, 0.05) is 36.8 Å². The third kappa shape index (κ3) is 7.78. The van der Waals surface area contributed by atoms with Gasteiger partial charge >= 0.3 is 12.1 Å². The molecule has 0 spiro atoms. The molecule has 1 amide bonds. The number of thioether (sulfide) groups is 1. The zero-order valence-corrected chi connectivity index (χ0v) is 29.3. The van der Waals surface area contributed by atoms with Crippen molar-refractivity contribution in [2.45, 2.75) is 75.7 Å². The number of carboxylic acids is 1. The van der Waals surface area contributed by atoms with Gasteiger partial charge in [0.25, 0.3) is 0 Å². The summed E-state index contributed by atoms with van der Waals surface area (Å²) >= 11 is 4.23. The molecule has 0 radical (unpaired) electrons. The third-order valence-electron chi connectivity index (χ3n) is 7.41. The van der Waals surface area contributed by atoms with Crippen molar-refractivity contribution in [3.05, 3.63) is 63.6 Å². The van der Waals surface area contributed by atoms with Crippen LogP contribution < -0.4 is 0 Å². The Morgan fingerprint density at radius 1 is 1.25 bits per heavy atom. The van der Waals surface area contributed by atoms with E-state index in [-0.39, 0.29) is 29.6 Å². The van der Waals surface area contributed by atoms with E-state index in [4.69, 9.17) is 14.5 Å². The number of amidine groups is 1. The van der Waals surface area contributed by atoms with E-state index in [0.717, 1.165) is 17.8 Å². The number of hydrogen-bond acceptors (Lipinski definition) is 7. The molecule has 0 saturated heterocycles. The van der Waals surface area contributed by atoms with Gasteiger partial charge in [-0.1, -0.05) is 37.5 Å². The highest BCUT2D eigenvalue weighted by atomic mass is 79.9. The molecule has 1 saturated carbocycles. The molecular formula is C31H38BrF2N3O5SSi. The first-order valence-corrected chi connectivity index (χ1v) is 19.6. The molecule has 3 unspecified atom stereocenters. The van der Waals surface area contributed by atoms with Crippen molar-refractivity contribution in [1.82, 2.24) is 9.88 Å². The van der Waals surface area contributed by atoms with Crippen LogP contribution in [0, 0.1) is 11.7 Å². The normalized spacial score (nSPS) is 23.5. The molecule has 1 aliphatic heterocycles. The molecule has 4 rings (SSSR count). The van der Waals surface area contributed by atoms with Crippen LogP contribution >= 0.6 is 27.7 Å². The SMILES string of the molecule is CC(C)(C)OC(=O)N(COCC[Si](C)(C)C)C1=NC(C)(c2cc(/C=C(\F)c3ccc(Br)cn3)ccc2F)C2CC2(C(=O)O)S1. The van der Waals surface area contributed by atoms with Gasteiger partial charge in [0.05, 0.1) is 11.2 Å². The first-order valence-electron chi connectivity index (χ1n) is 14.2.